The Hall–Kier alpha value is -2.74. The number of amides is 1. The Morgan fingerprint density at radius 2 is 2.03 bits per heavy atom. The number of likely N-dealkylation sites (tertiary alicyclic amines) is 1. The number of nitrogens with zero attached hydrogens (tertiary/aromatic N) is 1. The second-order valence-electron chi connectivity index (χ2n) is 7.89. The number of halogens is 2. The van der Waals surface area contributed by atoms with Crippen molar-refractivity contribution < 1.29 is 23.9 Å². The molecule has 2 N–H and O–H groups in total. The average molecular weight is 447 g/mol. The Labute approximate surface area is 186 Å². The Morgan fingerprint density at radius 3 is 2.77 bits per heavy atom. The fourth-order valence-electron chi connectivity index (χ4n) is 4.23. The van der Waals surface area contributed by atoms with Gasteiger partial charge in [-0.1, -0.05) is 18.2 Å². The van der Waals surface area contributed by atoms with Gasteiger partial charge in [0.2, 0.25) is 0 Å². The molecule has 1 spiro atoms. The number of Topliss-reactive ketones (excluding diaryl/α,β-unsaturated/α-hetero) is 1. The quantitative estimate of drug-likeness (QED) is 0.424. The van der Waals surface area contributed by atoms with E-state index in [2.05, 4.69) is 4.90 Å². The Morgan fingerprint density at radius 1 is 1.26 bits per heavy atom. The van der Waals surface area contributed by atoms with Crippen LogP contribution in [-0.4, -0.2) is 40.5 Å². The molecule has 1 amide bonds. The van der Waals surface area contributed by atoms with Crippen LogP contribution in [0.1, 0.15) is 40.7 Å². The second kappa shape index (κ2) is 9.60. The fraction of sp³-hybridized carbons (Fsp3) is 0.304. The number of hydrogen-bond acceptors (Lipinski definition) is 5. The molecule has 2 aliphatic heterocycles. The Kier molecular flexibility index (Phi) is 7.10. The normalized spacial score (nSPS) is 20.8. The number of nitrogens with one attached hydrogen (secondary N) is 1. The fourth-order valence-corrected chi connectivity index (χ4v) is 4.23. The van der Waals surface area contributed by atoms with E-state index in [-0.39, 0.29) is 24.0 Å². The first kappa shape index (κ1) is 22.9. The van der Waals surface area contributed by atoms with Crippen LogP contribution in [0, 0.1) is 5.82 Å². The molecule has 1 atom stereocenters. The molecule has 2 aromatic carbocycles. The summed E-state index contributed by atoms with van der Waals surface area (Å²) in [7, 11) is 0. The highest BCUT2D eigenvalue weighted by Crippen LogP contribution is 2.39. The summed E-state index contributed by atoms with van der Waals surface area (Å²) in [6.45, 7) is 2.22. The van der Waals surface area contributed by atoms with Crippen molar-refractivity contribution in [2.24, 2.45) is 0 Å². The van der Waals surface area contributed by atoms with Crippen LogP contribution < -0.4 is 10.2 Å². The highest BCUT2D eigenvalue weighted by molar-refractivity contribution is 6.01. The third-order valence-electron chi connectivity index (χ3n) is 5.59. The monoisotopic (exact) mass is 446 g/mol. The van der Waals surface area contributed by atoms with Gasteiger partial charge in [-0.2, -0.15) is 0 Å². The molecular weight excluding hydrogens is 423 g/mol. The van der Waals surface area contributed by atoms with Crippen LogP contribution >= 0.6 is 12.4 Å². The van der Waals surface area contributed by atoms with E-state index in [0.717, 1.165) is 24.9 Å². The molecule has 2 heterocycles. The van der Waals surface area contributed by atoms with Crippen molar-refractivity contribution in [3.8, 4) is 5.75 Å². The van der Waals surface area contributed by atoms with Gasteiger partial charge in [0.25, 0.3) is 5.91 Å². The van der Waals surface area contributed by atoms with Gasteiger partial charge in [0.05, 0.1) is 12.0 Å². The van der Waals surface area contributed by atoms with Crippen LogP contribution in [0.3, 0.4) is 0 Å². The largest absolute Gasteiger partial charge is 0.485 e. The summed E-state index contributed by atoms with van der Waals surface area (Å²) in [5.74, 6) is -0.323. The van der Waals surface area contributed by atoms with E-state index in [1.54, 1.807) is 30.3 Å². The molecule has 4 rings (SSSR count). The Balaban J connectivity index is 0.00000272. The second-order valence-corrected chi connectivity index (χ2v) is 7.89. The molecule has 164 valence electrons. The molecule has 31 heavy (non-hydrogen) atoms. The number of hydroxylamine groups is 1. The van der Waals surface area contributed by atoms with Crippen molar-refractivity contribution in [3.63, 3.8) is 0 Å². The zero-order valence-corrected chi connectivity index (χ0v) is 17.7. The number of carbonyl (C=O) groups excluding carboxylic acids is 2. The van der Waals surface area contributed by atoms with Crippen LogP contribution in [-0.2, 0) is 11.3 Å². The standard InChI is InChI=1S/C23H23FN2O4.ClH/c24-18-6-2-17(3-7-18)14-26-11-1-10-23(15-26)13-20(27)19-12-16(4-8-21(19)30-23)5-9-22(28)25-29;/h2-9,12,29H,1,10-11,13-15H2,(H,25,28);1H/b9-5+;. The van der Waals surface area contributed by atoms with Gasteiger partial charge in [-0.25, -0.2) is 9.87 Å². The highest BCUT2D eigenvalue weighted by Gasteiger charge is 2.43. The maximum absolute atomic E-state index is 13.2. The van der Waals surface area contributed by atoms with Crippen LogP contribution in [0.2, 0.25) is 0 Å². The number of piperidine rings is 1. The van der Waals surface area contributed by atoms with Crippen molar-refractivity contribution in [2.45, 2.75) is 31.4 Å². The molecule has 0 radical (unpaired) electrons. The first-order valence-corrected chi connectivity index (χ1v) is 9.92. The van der Waals surface area contributed by atoms with E-state index >= 15 is 0 Å². The minimum Gasteiger partial charge on any atom is -0.485 e. The van der Waals surface area contributed by atoms with Crippen molar-refractivity contribution in [1.29, 1.82) is 0 Å². The minimum atomic E-state index is -0.641. The van der Waals surface area contributed by atoms with E-state index in [1.807, 2.05) is 0 Å². The number of hydrogen-bond donors (Lipinski definition) is 2. The first-order valence-electron chi connectivity index (χ1n) is 9.92. The maximum atomic E-state index is 13.2. The SMILES string of the molecule is Cl.O=C(/C=C/c1ccc2c(c1)C(=O)CC1(CCCN(Cc3ccc(F)cc3)C1)O2)NO. The van der Waals surface area contributed by atoms with Gasteiger partial charge < -0.3 is 4.74 Å². The third-order valence-corrected chi connectivity index (χ3v) is 5.59. The number of benzene rings is 2. The molecule has 1 fully saturated rings. The molecule has 1 unspecified atom stereocenters. The first-order chi connectivity index (χ1) is 14.5. The van der Waals surface area contributed by atoms with Crippen LogP contribution in [0.25, 0.3) is 6.08 Å². The van der Waals surface area contributed by atoms with Gasteiger partial charge in [-0.15, -0.1) is 12.4 Å². The number of ketones is 1. The molecule has 0 saturated carbocycles. The molecule has 0 aromatic heterocycles. The lowest BCUT2D eigenvalue weighted by molar-refractivity contribution is -0.124. The summed E-state index contributed by atoms with van der Waals surface area (Å²) in [6.07, 6.45) is 4.72. The highest BCUT2D eigenvalue weighted by atomic mass is 35.5. The topological polar surface area (TPSA) is 78.9 Å². The zero-order chi connectivity index (χ0) is 21.1. The predicted molar refractivity (Wildman–Crippen MR) is 116 cm³/mol. The van der Waals surface area contributed by atoms with E-state index < -0.39 is 11.5 Å². The summed E-state index contributed by atoms with van der Waals surface area (Å²) in [5, 5.41) is 8.57. The van der Waals surface area contributed by atoms with E-state index in [1.165, 1.54) is 29.8 Å². The smallest absolute Gasteiger partial charge is 0.267 e. The van der Waals surface area contributed by atoms with Gasteiger partial charge in [0, 0.05) is 19.2 Å². The lowest BCUT2D eigenvalue weighted by Crippen LogP contribution is -2.54. The summed E-state index contributed by atoms with van der Waals surface area (Å²) >= 11 is 0. The van der Waals surface area contributed by atoms with Gasteiger partial charge in [0.1, 0.15) is 17.2 Å². The van der Waals surface area contributed by atoms with Crippen molar-refractivity contribution >= 4 is 30.2 Å². The maximum Gasteiger partial charge on any atom is 0.267 e. The van der Waals surface area contributed by atoms with Crippen molar-refractivity contribution in [3.05, 3.63) is 71.0 Å². The van der Waals surface area contributed by atoms with Crippen LogP contribution in [0.4, 0.5) is 4.39 Å². The van der Waals surface area contributed by atoms with Gasteiger partial charge in [-0.3, -0.25) is 19.7 Å². The summed E-state index contributed by atoms with van der Waals surface area (Å²) in [6, 6.07) is 11.7. The molecule has 2 aromatic rings. The summed E-state index contributed by atoms with van der Waals surface area (Å²) in [4.78, 5) is 26.3. The number of ether oxygens (including phenoxy) is 1. The molecule has 0 aliphatic carbocycles. The van der Waals surface area contributed by atoms with Gasteiger partial charge >= 0.3 is 0 Å². The summed E-state index contributed by atoms with van der Waals surface area (Å²) in [5.41, 5.74) is 3.17. The van der Waals surface area contributed by atoms with Gasteiger partial charge in [0.15, 0.2) is 5.78 Å². The molecule has 6 nitrogen and oxygen atoms in total. The molecule has 0 bridgehead atoms. The van der Waals surface area contributed by atoms with Crippen LogP contribution in [0.15, 0.2) is 48.5 Å². The lowest BCUT2D eigenvalue weighted by Gasteiger charge is -2.45. The molecule has 2 aliphatic rings. The van der Waals surface area contributed by atoms with E-state index in [0.29, 0.717) is 36.4 Å². The third kappa shape index (κ3) is 5.31. The van der Waals surface area contributed by atoms with Gasteiger partial charge in [-0.05, 0) is 60.9 Å². The minimum absolute atomic E-state index is 0. The molecular formula is C23H24ClFN2O4. The molecule has 1 saturated heterocycles. The molecule has 8 heteroatoms. The average Bonchev–Trinajstić information content (AvgIpc) is 2.74. The van der Waals surface area contributed by atoms with Crippen molar-refractivity contribution in [2.75, 3.05) is 13.1 Å². The Bertz CT molecular complexity index is 996. The summed E-state index contributed by atoms with van der Waals surface area (Å²) < 4.78 is 19.5. The number of rotatable bonds is 4. The predicted octanol–water partition coefficient (Wildman–Crippen LogP) is 3.77. The lowest BCUT2D eigenvalue weighted by atomic mass is 9.83. The number of fused-ring (bicyclic) bond motifs is 1. The zero-order valence-electron chi connectivity index (χ0n) is 16.8. The van der Waals surface area contributed by atoms with E-state index in [9.17, 15) is 14.0 Å². The van der Waals surface area contributed by atoms with Crippen LogP contribution in [0.5, 0.6) is 5.75 Å². The van der Waals surface area contributed by atoms with E-state index in [4.69, 9.17) is 9.94 Å². The number of carbonyl (C=O) groups is 2. The van der Waals surface area contributed by atoms with Crippen molar-refractivity contribution in [1.82, 2.24) is 10.4 Å².